The molecule has 102 valence electrons. The van der Waals surface area contributed by atoms with Gasteiger partial charge in [-0.1, -0.05) is 0 Å². The lowest BCUT2D eigenvalue weighted by Gasteiger charge is -2.31. The lowest BCUT2D eigenvalue weighted by molar-refractivity contribution is -0.147. The maximum atomic E-state index is 12.3. The first-order valence-corrected chi connectivity index (χ1v) is 6.11. The number of carboxylic acids is 1. The molecule has 1 saturated heterocycles. The number of nitrogens with one attached hydrogen (secondary N) is 1. The van der Waals surface area contributed by atoms with Crippen LogP contribution in [0.2, 0.25) is 0 Å². The highest BCUT2D eigenvalue weighted by Gasteiger charge is 2.46. The van der Waals surface area contributed by atoms with Crippen LogP contribution in [0, 0.1) is 6.92 Å². The Morgan fingerprint density at radius 2 is 2.11 bits per heavy atom. The summed E-state index contributed by atoms with van der Waals surface area (Å²) >= 11 is 0. The van der Waals surface area contributed by atoms with Gasteiger partial charge in [0.25, 0.3) is 11.5 Å². The van der Waals surface area contributed by atoms with E-state index in [-0.39, 0.29) is 5.56 Å². The topological polar surface area (TPSA) is 90.5 Å². The number of rotatable bonds is 2. The maximum absolute atomic E-state index is 12.3. The highest BCUT2D eigenvalue weighted by molar-refractivity contribution is 5.97. The van der Waals surface area contributed by atoms with Gasteiger partial charge in [0.1, 0.15) is 11.1 Å². The molecule has 1 aliphatic rings. The van der Waals surface area contributed by atoms with Crippen molar-refractivity contribution in [2.45, 2.75) is 32.2 Å². The molecule has 6 nitrogen and oxygen atoms in total. The number of aryl methyl sites for hydroxylation is 1. The lowest BCUT2D eigenvalue weighted by Crippen LogP contribution is -2.51. The highest BCUT2D eigenvalue weighted by Crippen LogP contribution is 2.30. The minimum Gasteiger partial charge on any atom is -0.480 e. The summed E-state index contributed by atoms with van der Waals surface area (Å²) in [6.45, 7) is 3.59. The van der Waals surface area contributed by atoms with E-state index in [1.807, 2.05) is 0 Å². The molecule has 1 aromatic heterocycles. The number of H-pyrrole nitrogens is 1. The van der Waals surface area contributed by atoms with E-state index in [2.05, 4.69) is 4.98 Å². The van der Waals surface area contributed by atoms with Crippen molar-refractivity contribution >= 4 is 11.9 Å². The van der Waals surface area contributed by atoms with Crippen molar-refractivity contribution < 1.29 is 14.7 Å². The molecule has 1 unspecified atom stereocenters. The fourth-order valence-electron chi connectivity index (χ4n) is 2.40. The molecule has 1 amide bonds. The molecule has 6 heteroatoms. The number of hydrogen-bond donors (Lipinski definition) is 2. The zero-order chi connectivity index (χ0) is 14.2. The number of carbonyl (C=O) groups excluding carboxylic acids is 1. The number of aliphatic carboxylic acids is 1. The first-order valence-electron chi connectivity index (χ1n) is 6.11. The van der Waals surface area contributed by atoms with Gasteiger partial charge in [0.05, 0.1) is 0 Å². The van der Waals surface area contributed by atoms with Crippen molar-refractivity contribution in [3.8, 4) is 0 Å². The fourth-order valence-corrected chi connectivity index (χ4v) is 2.40. The standard InChI is InChI=1S/C13H16N2O4/c1-8-4-5-9(10(16)14-8)11(17)15-7-3-6-13(15,2)12(18)19/h4-5H,3,6-7H2,1-2H3,(H,14,16)(H,18,19). The molecule has 0 bridgehead atoms. The number of hydrogen-bond acceptors (Lipinski definition) is 3. The molecule has 1 aromatic rings. The Morgan fingerprint density at radius 1 is 1.42 bits per heavy atom. The van der Waals surface area contributed by atoms with Gasteiger partial charge in [-0.05, 0) is 38.8 Å². The van der Waals surface area contributed by atoms with Crippen LogP contribution in [-0.2, 0) is 4.79 Å². The third kappa shape index (κ3) is 2.14. The molecule has 0 spiro atoms. The molecule has 2 rings (SSSR count). The largest absolute Gasteiger partial charge is 0.480 e. The van der Waals surface area contributed by atoms with E-state index >= 15 is 0 Å². The molecule has 0 radical (unpaired) electrons. The smallest absolute Gasteiger partial charge is 0.329 e. The summed E-state index contributed by atoms with van der Waals surface area (Å²) in [6, 6.07) is 3.07. The lowest BCUT2D eigenvalue weighted by atomic mass is 9.98. The molecule has 2 heterocycles. The van der Waals surface area contributed by atoms with E-state index in [0.717, 1.165) is 0 Å². The normalized spacial score (nSPS) is 22.5. The zero-order valence-corrected chi connectivity index (χ0v) is 10.9. The van der Waals surface area contributed by atoms with Crippen LogP contribution in [0.1, 0.15) is 35.8 Å². The summed E-state index contributed by atoms with van der Waals surface area (Å²) < 4.78 is 0. The monoisotopic (exact) mass is 264 g/mol. The average molecular weight is 264 g/mol. The van der Waals surface area contributed by atoms with Crippen LogP contribution in [0.25, 0.3) is 0 Å². The number of aromatic amines is 1. The fraction of sp³-hybridized carbons (Fsp3) is 0.462. The van der Waals surface area contributed by atoms with Crippen LogP contribution >= 0.6 is 0 Å². The third-order valence-corrected chi connectivity index (χ3v) is 3.63. The number of carbonyl (C=O) groups is 2. The number of nitrogens with zero attached hydrogens (tertiary/aromatic N) is 1. The van der Waals surface area contributed by atoms with E-state index in [4.69, 9.17) is 0 Å². The number of carboxylic acid groups (broad SMARTS) is 1. The number of pyridine rings is 1. The van der Waals surface area contributed by atoms with Crippen molar-refractivity contribution in [1.29, 1.82) is 0 Å². The average Bonchev–Trinajstić information content (AvgIpc) is 2.72. The first-order chi connectivity index (χ1) is 8.86. The van der Waals surface area contributed by atoms with Gasteiger partial charge in [-0.3, -0.25) is 9.59 Å². The zero-order valence-electron chi connectivity index (χ0n) is 10.9. The number of amides is 1. The van der Waals surface area contributed by atoms with Crippen LogP contribution in [0.5, 0.6) is 0 Å². The minimum atomic E-state index is -1.23. The Balaban J connectivity index is 2.39. The Bertz CT molecular complexity index is 593. The van der Waals surface area contributed by atoms with Crippen LogP contribution in [0.3, 0.4) is 0 Å². The first kappa shape index (κ1) is 13.3. The summed E-state index contributed by atoms with van der Waals surface area (Å²) in [7, 11) is 0. The van der Waals surface area contributed by atoms with Crippen LogP contribution in [0.4, 0.5) is 0 Å². The number of likely N-dealkylation sites (tertiary alicyclic amines) is 1. The van der Waals surface area contributed by atoms with Crippen molar-refractivity contribution in [2.75, 3.05) is 6.54 Å². The van der Waals surface area contributed by atoms with Gasteiger partial charge < -0.3 is 15.0 Å². The van der Waals surface area contributed by atoms with Crippen molar-refractivity contribution in [3.05, 3.63) is 33.7 Å². The molecule has 0 saturated carbocycles. The Labute approximate surface area is 110 Å². The van der Waals surface area contributed by atoms with E-state index < -0.39 is 23.0 Å². The van der Waals surface area contributed by atoms with Crippen molar-refractivity contribution in [2.24, 2.45) is 0 Å². The summed E-state index contributed by atoms with van der Waals surface area (Å²) in [5.41, 5.74) is -1.07. The van der Waals surface area contributed by atoms with Crippen molar-refractivity contribution in [1.82, 2.24) is 9.88 Å². The van der Waals surface area contributed by atoms with Gasteiger partial charge in [-0.25, -0.2) is 4.79 Å². The second kappa shape index (κ2) is 4.53. The second-order valence-electron chi connectivity index (χ2n) is 5.02. The van der Waals surface area contributed by atoms with Gasteiger partial charge >= 0.3 is 5.97 Å². The summed E-state index contributed by atoms with van der Waals surface area (Å²) in [4.78, 5) is 39.3. The van der Waals surface area contributed by atoms with Crippen molar-refractivity contribution in [3.63, 3.8) is 0 Å². The SMILES string of the molecule is Cc1ccc(C(=O)N2CCCC2(C)C(=O)O)c(=O)[nH]1. The van der Waals surface area contributed by atoms with Gasteiger partial charge in [0.2, 0.25) is 0 Å². The maximum Gasteiger partial charge on any atom is 0.329 e. The minimum absolute atomic E-state index is 0.0139. The predicted octanol–water partition coefficient (Wildman–Crippen LogP) is 0.763. The van der Waals surface area contributed by atoms with Gasteiger partial charge in [-0.2, -0.15) is 0 Å². The molecule has 19 heavy (non-hydrogen) atoms. The quantitative estimate of drug-likeness (QED) is 0.825. The van der Waals surface area contributed by atoms with Gasteiger partial charge in [-0.15, -0.1) is 0 Å². The molecular formula is C13H16N2O4. The summed E-state index contributed by atoms with van der Waals surface area (Å²) in [6.07, 6.45) is 1.02. The molecular weight excluding hydrogens is 248 g/mol. The molecule has 0 aromatic carbocycles. The van der Waals surface area contributed by atoms with Crippen LogP contribution in [0.15, 0.2) is 16.9 Å². The molecule has 1 fully saturated rings. The van der Waals surface area contributed by atoms with E-state index in [1.54, 1.807) is 13.0 Å². The Morgan fingerprint density at radius 3 is 2.68 bits per heavy atom. The van der Waals surface area contributed by atoms with Gasteiger partial charge in [0.15, 0.2) is 0 Å². The summed E-state index contributed by atoms with van der Waals surface area (Å²) in [5, 5.41) is 9.27. The Kier molecular flexibility index (Phi) is 3.18. The van der Waals surface area contributed by atoms with Gasteiger partial charge in [0, 0.05) is 12.2 Å². The third-order valence-electron chi connectivity index (χ3n) is 3.63. The van der Waals surface area contributed by atoms with E-state index in [9.17, 15) is 19.5 Å². The second-order valence-corrected chi connectivity index (χ2v) is 5.02. The molecule has 0 aliphatic carbocycles. The molecule has 1 aliphatic heterocycles. The number of aromatic nitrogens is 1. The Hall–Kier alpha value is -2.11. The molecule has 2 N–H and O–H groups in total. The van der Waals surface area contributed by atoms with E-state index in [0.29, 0.717) is 25.1 Å². The predicted molar refractivity (Wildman–Crippen MR) is 68.1 cm³/mol. The highest BCUT2D eigenvalue weighted by atomic mass is 16.4. The van der Waals surface area contributed by atoms with Crippen LogP contribution < -0.4 is 5.56 Å². The van der Waals surface area contributed by atoms with Crippen LogP contribution in [-0.4, -0.2) is 39.0 Å². The summed E-state index contributed by atoms with van der Waals surface area (Å²) in [5.74, 6) is -1.56. The van der Waals surface area contributed by atoms with E-state index in [1.165, 1.54) is 17.9 Å². The molecule has 1 atom stereocenters.